The zero-order valence-electron chi connectivity index (χ0n) is 11.0. The van der Waals surface area contributed by atoms with Crippen LogP contribution in [0.2, 0.25) is 0 Å². The molecule has 7 heteroatoms. The number of aryl methyl sites for hydroxylation is 1. The van der Waals surface area contributed by atoms with Gasteiger partial charge in [-0.05, 0) is 31.2 Å². The molecule has 0 aliphatic carbocycles. The predicted molar refractivity (Wildman–Crippen MR) is 72.8 cm³/mol. The lowest BCUT2D eigenvalue weighted by molar-refractivity contribution is 0.0697. The van der Waals surface area contributed by atoms with Gasteiger partial charge in [-0.25, -0.2) is 14.8 Å². The third kappa shape index (κ3) is 3.01. The van der Waals surface area contributed by atoms with E-state index in [2.05, 4.69) is 15.3 Å². The lowest BCUT2D eigenvalue weighted by Crippen LogP contribution is -2.17. The van der Waals surface area contributed by atoms with Crippen LogP contribution in [0.15, 0.2) is 30.5 Å². The van der Waals surface area contributed by atoms with Crippen molar-refractivity contribution in [3.05, 3.63) is 53.0 Å². The number of nitrogens with zero attached hydrogens (tertiary/aromatic N) is 3. The van der Waals surface area contributed by atoms with E-state index in [9.17, 15) is 9.59 Å². The van der Waals surface area contributed by atoms with Crippen LogP contribution in [0.3, 0.4) is 0 Å². The Morgan fingerprint density at radius 2 is 2.10 bits per heavy atom. The molecule has 0 atom stereocenters. The van der Waals surface area contributed by atoms with Gasteiger partial charge >= 0.3 is 5.97 Å². The summed E-state index contributed by atoms with van der Waals surface area (Å²) >= 11 is 0. The number of amides is 1. The standard InChI is InChI=1S/C14H10N4O3/c1-8-9(7-15)4-5-11(17-8)13(19)18-12-10(14(20)21)3-2-6-16-12/h2-6H,1H3,(H,20,21)(H,16,18,19). The number of aromatic nitrogens is 2. The van der Waals surface area contributed by atoms with E-state index in [4.69, 9.17) is 10.4 Å². The SMILES string of the molecule is Cc1nc(C(=O)Nc2ncccc2C(=O)O)ccc1C#N. The van der Waals surface area contributed by atoms with E-state index >= 15 is 0 Å². The average Bonchev–Trinajstić information content (AvgIpc) is 2.47. The molecule has 104 valence electrons. The van der Waals surface area contributed by atoms with Crippen LogP contribution in [0.25, 0.3) is 0 Å². The van der Waals surface area contributed by atoms with Crippen molar-refractivity contribution in [1.82, 2.24) is 9.97 Å². The first-order valence-corrected chi connectivity index (χ1v) is 5.90. The van der Waals surface area contributed by atoms with Crippen LogP contribution in [-0.2, 0) is 0 Å². The van der Waals surface area contributed by atoms with Gasteiger partial charge in [0.2, 0.25) is 0 Å². The van der Waals surface area contributed by atoms with Crippen molar-refractivity contribution >= 4 is 17.7 Å². The highest BCUT2D eigenvalue weighted by Gasteiger charge is 2.15. The van der Waals surface area contributed by atoms with Crippen LogP contribution in [0.1, 0.15) is 32.1 Å². The van der Waals surface area contributed by atoms with Crippen LogP contribution in [-0.4, -0.2) is 27.0 Å². The summed E-state index contributed by atoms with van der Waals surface area (Å²) in [4.78, 5) is 30.9. The van der Waals surface area contributed by atoms with Gasteiger partial charge in [0.15, 0.2) is 0 Å². The fourth-order valence-corrected chi connectivity index (χ4v) is 1.65. The summed E-state index contributed by atoms with van der Waals surface area (Å²) in [5.41, 5.74) is 0.755. The molecule has 0 spiro atoms. The van der Waals surface area contributed by atoms with Crippen molar-refractivity contribution in [2.45, 2.75) is 6.92 Å². The van der Waals surface area contributed by atoms with Crippen LogP contribution in [0, 0.1) is 18.3 Å². The van der Waals surface area contributed by atoms with E-state index in [1.54, 1.807) is 6.92 Å². The molecule has 0 aliphatic rings. The summed E-state index contributed by atoms with van der Waals surface area (Å²) in [5, 5.41) is 20.2. The van der Waals surface area contributed by atoms with Crippen molar-refractivity contribution in [2.75, 3.05) is 5.32 Å². The molecule has 2 heterocycles. The zero-order chi connectivity index (χ0) is 15.4. The van der Waals surface area contributed by atoms with Gasteiger partial charge in [-0.1, -0.05) is 0 Å². The Morgan fingerprint density at radius 3 is 2.71 bits per heavy atom. The van der Waals surface area contributed by atoms with Gasteiger partial charge in [0.05, 0.1) is 11.3 Å². The summed E-state index contributed by atoms with van der Waals surface area (Å²) in [6.07, 6.45) is 1.37. The lowest BCUT2D eigenvalue weighted by Gasteiger charge is -2.07. The quantitative estimate of drug-likeness (QED) is 0.883. The Kier molecular flexibility index (Phi) is 3.90. The molecule has 0 fully saturated rings. The van der Waals surface area contributed by atoms with Crippen LogP contribution < -0.4 is 5.32 Å². The minimum Gasteiger partial charge on any atom is -0.478 e. The maximum absolute atomic E-state index is 12.1. The molecule has 2 N–H and O–H groups in total. The van der Waals surface area contributed by atoms with E-state index in [1.807, 2.05) is 6.07 Å². The fourth-order valence-electron chi connectivity index (χ4n) is 1.65. The Hall–Kier alpha value is -3.27. The monoisotopic (exact) mass is 282 g/mol. The molecule has 0 bridgehead atoms. The molecule has 1 amide bonds. The number of carbonyl (C=O) groups excluding carboxylic acids is 1. The smallest absolute Gasteiger partial charge is 0.339 e. The van der Waals surface area contributed by atoms with E-state index in [-0.39, 0.29) is 17.1 Å². The molecule has 2 aromatic heterocycles. The molecule has 2 rings (SSSR count). The first-order valence-electron chi connectivity index (χ1n) is 5.90. The number of pyridine rings is 2. The molecular weight excluding hydrogens is 272 g/mol. The number of carboxylic acids is 1. The molecule has 0 aromatic carbocycles. The predicted octanol–water partition coefficient (Wildman–Crippen LogP) is 1.61. The summed E-state index contributed by atoms with van der Waals surface area (Å²) in [6, 6.07) is 7.62. The van der Waals surface area contributed by atoms with E-state index in [0.717, 1.165) is 0 Å². The summed E-state index contributed by atoms with van der Waals surface area (Å²) in [7, 11) is 0. The number of anilines is 1. The second-order valence-electron chi connectivity index (χ2n) is 4.10. The van der Waals surface area contributed by atoms with Gasteiger partial charge in [0.1, 0.15) is 23.1 Å². The maximum Gasteiger partial charge on any atom is 0.339 e. The van der Waals surface area contributed by atoms with Crippen molar-refractivity contribution in [1.29, 1.82) is 5.26 Å². The fraction of sp³-hybridized carbons (Fsp3) is 0.0714. The molecule has 21 heavy (non-hydrogen) atoms. The molecule has 0 saturated carbocycles. The van der Waals surface area contributed by atoms with Crippen molar-refractivity contribution in [2.24, 2.45) is 0 Å². The van der Waals surface area contributed by atoms with Gasteiger partial charge in [0.25, 0.3) is 5.91 Å². The average molecular weight is 282 g/mol. The van der Waals surface area contributed by atoms with E-state index in [1.165, 1.54) is 30.5 Å². The van der Waals surface area contributed by atoms with E-state index < -0.39 is 11.9 Å². The van der Waals surface area contributed by atoms with E-state index in [0.29, 0.717) is 11.3 Å². The van der Waals surface area contributed by atoms with Crippen molar-refractivity contribution < 1.29 is 14.7 Å². The van der Waals surface area contributed by atoms with Crippen LogP contribution in [0.5, 0.6) is 0 Å². The lowest BCUT2D eigenvalue weighted by atomic mass is 10.2. The Bertz CT molecular complexity index is 765. The van der Waals surface area contributed by atoms with Gasteiger partial charge in [-0.3, -0.25) is 4.79 Å². The Balaban J connectivity index is 2.29. The second kappa shape index (κ2) is 5.79. The molecule has 0 radical (unpaired) electrons. The van der Waals surface area contributed by atoms with Crippen LogP contribution >= 0.6 is 0 Å². The zero-order valence-corrected chi connectivity index (χ0v) is 11.0. The number of nitrogens with one attached hydrogen (secondary N) is 1. The largest absolute Gasteiger partial charge is 0.478 e. The minimum atomic E-state index is -1.19. The number of carbonyl (C=O) groups is 2. The van der Waals surface area contributed by atoms with Crippen molar-refractivity contribution in [3.8, 4) is 6.07 Å². The number of rotatable bonds is 3. The van der Waals surface area contributed by atoms with Gasteiger partial charge in [-0.2, -0.15) is 5.26 Å². The molecular formula is C14H10N4O3. The number of carboxylic acid groups (broad SMARTS) is 1. The summed E-state index contributed by atoms with van der Waals surface area (Å²) in [5.74, 6) is -1.84. The third-order valence-electron chi connectivity index (χ3n) is 2.71. The molecule has 7 nitrogen and oxygen atoms in total. The third-order valence-corrected chi connectivity index (χ3v) is 2.71. The number of aromatic carboxylic acids is 1. The van der Waals surface area contributed by atoms with Crippen molar-refractivity contribution in [3.63, 3.8) is 0 Å². The normalized spacial score (nSPS) is 9.71. The highest BCUT2D eigenvalue weighted by Crippen LogP contribution is 2.13. The minimum absolute atomic E-state index is 0.0567. The molecule has 0 aliphatic heterocycles. The Morgan fingerprint density at radius 1 is 1.33 bits per heavy atom. The first kappa shape index (κ1) is 14.1. The maximum atomic E-state index is 12.1. The highest BCUT2D eigenvalue weighted by molar-refractivity contribution is 6.05. The topological polar surface area (TPSA) is 116 Å². The summed E-state index contributed by atoms with van der Waals surface area (Å²) < 4.78 is 0. The first-order chi connectivity index (χ1) is 10.0. The number of hydrogen-bond acceptors (Lipinski definition) is 5. The molecule has 0 unspecified atom stereocenters. The number of nitriles is 1. The van der Waals surface area contributed by atoms with Gasteiger partial charge in [0, 0.05) is 6.20 Å². The van der Waals surface area contributed by atoms with Crippen LogP contribution in [0.4, 0.5) is 5.82 Å². The highest BCUT2D eigenvalue weighted by atomic mass is 16.4. The summed E-state index contributed by atoms with van der Waals surface area (Å²) in [6.45, 7) is 1.61. The Labute approximate surface area is 119 Å². The van der Waals surface area contributed by atoms with Gasteiger partial charge in [-0.15, -0.1) is 0 Å². The second-order valence-corrected chi connectivity index (χ2v) is 4.10. The molecule has 2 aromatic rings. The molecule has 0 saturated heterocycles. The number of hydrogen-bond donors (Lipinski definition) is 2. The van der Waals surface area contributed by atoms with Gasteiger partial charge < -0.3 is 10.4 Å².